The maximum absolute atomic E-state index is 12.2. The van der Waals surface area contributed by atoms with E-state index >= 15 is 0 Å². The molecule has 23 heavy (non-hydrogen) atoms. The quantitative estimate of drug-likeness (QED) is 0.850. The van der Waals surface area contributed by atoms with Gasteiger partial charge in [0.1, 0.15) is 0 Å². The van der Waals surface area contributed by atoms with Crippen molar-refractivity contribution in [3.05, 3.63) is 42.1 Å². The zero-order valence-electron chi connectivity index (χ0n) is 13.1. The van der Waals surface area contributed by atoms with Crippen LogP contribution in [0.5, 0.6) is 0 Å². The molecule has 0 amide bonds. The predicted molar refractivity (Wildman–Crippen MR) is 90.4 cm³/mol. The molecule has 1 fully saturated rings. The van der Waals surface area contributed by atoms with Gasteiger partial charge in [0.05, 0.1) is 23.4 Å². The molecule has 1 heterocycles. The van der Waals surface area contributed by atoms with Crippen LogP contribution in [0.25, 0.3) is 10.9 Å². The standard InChI is InChI=1S/C17H22N2O3S/c1-2-7-23(21,22)19-17(13-9-15(20)10-13)14-8-12-5-3-4-6-16(12)18-11-14/h3-6,8,11,13,15,17,19-20H,2,7,9-10H2,1H3/t13?,15?,17-/m1/s1. The van der Waals surface area contributed by atoms with E-state index in [9.17, 15) is 13.5 Å². The van der Waals surface area contributed by atoms with E-state index in [1.165, 1.54) is 0 Å². The molecule has 0 bridgehead atoms. The molecule has 124 valence electrons. The molecule has 1 atom stereocenters. The normalized spacial score (nSPS) is 22.7. The van der Waals surface area contributed by atoms with Crippen molar-refractivity contribution in [2.24, 2.45) is 5.92 Å². The summed E-state index contributed by atoms with van der Waals surface area (Å²) in [6.45, 7) is 1.85. The molecule has 0 spiro atoms. The third-order valence-electron chi connectivity index (χ3n) is 4.37. The Hall–Kier alpha value is -1.50. The summed E-state index contributed by atoms with van der Waals surface area (Å²) in [7, 11) is -3.33. The van der Waals surface area contributed by atoms with Crippen LogP contribution in [0.15, 0.2) is 36.5 Å². The van der Waals surface area contributed by atoms with E-state index in [0.29, 0.717) is 19.3 Å². The van der Waals surface area contributed by atoms with Crippen LogP contribution < -0.4 is 4.72 Å². The highest BCUT2D eigenvalue weighted by atomic mass is 32.2. The zero-order chi connectivity index (χ0) is 16.4. The van der Waals surface area contributed by atoms with Crippen LogP contribution in [-0.2, 0) is 10.0 Å². The van der Waals surface area contributed by atoms with Crippen LogP contribution >= 0.6 is 0 Å². The Balaban J connectivity index is 1.93. The number of aliphatic hydroxyl groups is 1. The average Bonchev–Trinajstić information content (AvgIpc) is 2.49. The Morgan fingerprint density at radius 1 is 1.35 bits per heavy atom. The third-order valence-corrected chi connectivity index (χ3v) is 5.93. The second-order valence-corrected chi connectivity index (χ2v) is 8.13. The van der Waals surface area contributed by atoms with Gasteiger partial charge < -0.3 is 5.11 Å². The number of pyridine rings is 1. The summed E-state index contributed by atoms with van der Waals surface area (Å²) >= 11 is 0. The molecule has 6 heteroatoms. The van der Waals surface area contributed by atoms with Crippen molar-refractivity contribution in [3.63, 3.8) is 0 Å². The van der Waals surface area contributed by atoms with Gasteiger partial charge in [0.25, 0.3) is 0 Å². The average molecular weight is 334 g/mol. The minimum atomic E-state index is -3.33. The van der Waals surface area contributed by atoms with Crippen LogP contribution in [0.2, 0.25) is 0 Å². The van der Waals surface area contributed by atoms with Gasteiger partial charge in [-0.05, 0) is 42.9 Å². The number of hydrogen-bond acceptors (Lipinski definition) is 4. The fourth-order valence-corrected chi connectivity index (χ4v) is 4.49. The van der Waals surface area contributed by atoms with Gasteiger partial charge in [0.15, 0.2) is 0 Å². The van der Waals surface area contributed by atoms with E-state index in [-0.39, 0.29) is 23.8 Å². The molecule has 0 radical (unpaired) electrons. The van der Waals surface area contributed by atoms with Gasteiger partial charge in [-0.1, -0.05) is 25.1 Å². The minimum absolute atomic E-state index is 0.111. The first-order valence-electron chi connectivity index (χ1n) is 8.01. The Morgan fingerprint density at radius 3 is 2.78 bits per heavy atom. The topological polar surface area (TPSA) is 79.3 Å². The molecule has 1 aliphatic rings. The fourth-order valence-electron chi connectivity index (χ4n) is 3.12. The smallest absolute Gasteiger partial charge is 0.212 e. The van der Waals surface area contributed by atoms with Crippen LogP contribution in [0, 0.1) is 5.92 Å². The van der Waals surface area contributed by atoms with E-state index in [2.05, 4.69) is 9.71 Å². The molecule has 3 rings (SSSR count). The first kappa shape index (κ1) is 16.4. The van der Waals surface area contributed by atoms with Crippen LogP contribution in [-0.4, -0.2) is 30.4 Å². The number of aliphatic hydroxyl groups excluding tert-OH is 1. The molecule has 0 saturated heterocycles. The molecule has 5 nitrogen and oxygen atoms in total. The van der Waals surface area contributed by atoms with Gasteiger partial charge in [-0.2, -0.15) is 0 Å². The number of hydrogen-bond donors (Lipinski definition) is 2. The highest BCUT2D eigenvalue weighted by Crippen LogP contribution is 2.38. The fraction of sp³-hybridized carbons (Fsp3) is 0.471. The first-order chi connectivity index (χ1) is 11.0. The van der Waals surface area contributed by atoms with Crippen LogP contribution in [0.4, 0.5) is 0 Å². The van der Waals surface area contributed by atoms with E-state index < -0.39 is 10.0 Å². The van der Waals surface area contributed by atoms with E-state index in [1.54, 1.807) is 6.20 Å². The summed E-state index contributed by atoms with van der Waals surface area (Å²) in [5, 5.41) is 10.6. The lowest BCUT2D eigenvalue weighted by Crippen LogP contribution is -2.42. The summed E-state index contributed by atoms with van der Waals surface area (Å²) in [4.78, 5) is 4.44. The van der Waals surface area contributed by atoms with Crippen molar-refractivity contribution >= 4 is 20.9 Å². The number of nitrogens with one attached hydrogen (secondary N) is 1. The van der Waals surface area contributed by atoms with Crippen molar-refractivity contribution in [1.29, 1.82) is 0 Å². The monoisotopic (exact) mass is 334 g/mol. The van der Waals surface area contributed by atoms with E-state index in [4.69, 9.17) is 0 Å². The van der Waals surface area contributed by atoms with Crippen molar-refractivity contribution in [2.75, 3.05) is 5.75 Å². The molecule has 1 saturated carbocycles. The summed E-state index contributed by atoms with van der Waals surface area (Å²) in [5.41, 5.74) is 1.75. The van der Waals surface area contributed by atoms with Crippen LogP contribution in [0.3, 0.4) is 0 Å². The van der Waals surface area contributed by atoms with Gasteiger partial charge in [-0.25, -0.2) is 13.1 Å². The van der Waals surface area contributed by atoms with Gasteiger partial charge in [0, 0.05) is 11.6 Å². The van der Waals surface area contributed by atoms with Gasteiger partial charge in [0.2, 0.25) is 10.0 Å². The number of fused-ring (bicyclic) bond motifs is 1. The highest BCUT2D eigenvalue weighted by molar-refractivity contribution is 7.89. The minimum Gasteiger partial charge on any atom is -0.393 e. The first-order valence-corrected chi connectivity index (χ1v) is 9.66. The molecule has 1 aliphatic carbocycles. The van der Waals surface area contributed by atoms with Crippen molar-refractivity contribution in [3.8, 4) is 0 Å². The Kier molecular flexibility index (Phi) is 4.66. The zero-order valence-corrected chi connectivity index (χ0v) is 14.0. The number of sulfonamides is 1. The maximum Gasteiger partial charge on any atom is 0.212 e. The number of benzene rings is 1. The Labute approximate surface area is 136 Å². The highest BCUT2D eigenvalue weighted by Gasteiger charge is 2.36. The second-order valence-electron chi connectivity index (χ2n) is 6.26. The molecule has 1 aromatic heterocycles. The molecule has 2 N–H and O–H groups in total. The Morgan fingerprint density at radius 2 is 2.09 bits per heavy atom. The lowest BCUT2D eigenvalue weighted by Gasteiger charge is -2.38. The lowest BCUT2D eigenvalue weighted by molar-refractivity contribution is 0.0280. The van der Waals surface area contributed by atoms with E-state index in [1.807, 2.05) is 37.3 Å². The SMILES string of the molecule is CCCS(=O)(=O)N[C@@H](c1cnc2ccccc2c1)C1CC(O)C1. The summed E-state index contributed by atoms with van der Waals surface area (Å²) < 4.78 is 27.2. The largest absolute Gasteiger partial charge is 0.393 e. The molecule has 0 unspecified atom stereocenters. The molecule has 1 aromatic carbocycles. The molecular weight excluding hydrogens is 312 g/mol. The van der Waals surface area contributed by atoms with Crippen molar-refractivity contribution < 1.29 is 13.5 Å². The summed E-state index contributed by atoms with van der Waals surface area (Å²) in [5.74, 6) is 0.222. The second kappa shape index (κ2) is 6.55. The van der Waals surface area contributed by atoms with Crippen molar-refractivity contribution in [2.45, 2.75) is 38.3 Å². The van der Waals surface area contributed by atoms with Crippen LogP contribution in [0.1, 0.15) is 37.8 Å². The lowest BCUT2D eigenvalue weighted by atomic mass is 9.75. The van der Waals surface area contributed by atoms with Gasteiger partial charge in [-0.15, -0.1) is 0 Å². The molecular formula is C17H22N2O3S. The molecule has 0 aliphatic heterocycles. The third kappa shape index (κ3) is 3.71. The number of aromatic nitrogens is 1. The number of para-hydroxylation sites is 1. The molecule has 2 aromatic rings. The number of nitrogens with zero attached hydrogens (tertiary/aromatic N) is 1. The summed E-state index contributed by atoms with van der Waals surface area (Å²) in [6.07, 6.45) is 3.22. The maximum atomic E-state index is 12.2. The van der Waals surface area contributed by atoms with Gasteiger partial charge in [-0.3, -0.25) is 4.98 Å². The van der Waals surface area contributed by atoms with Crippen molar-refractivity contribution in [1.82, 2.24) is 9.71 Å². The van der Waals surface area contributed by atoms with Gasteiger partial charge >= 0.3 is 0 Å². The summed E-state index contributed by atoms with van der Waals surface area (Å²) in [6, 6.07) is 9.44. The van der Waals surface area contributed by atoms with E-state index in [0.717, 1.165) is 16.5 Å². The number of rotatable bonds is 6. The predicted octanol–water partition coefficient (Wildman–Crippen LogP) is 2.38. The Bertz CT molecular complexity index is 785.